The molecule has 176 valence electrons. The van der Waals surface area contributed by atoms with Crippen LogP contribution in [0.15, 0.2) is 34.6 Å². The molecule has 3 aromatic rings. The van der Waals surface area contributed by atoms with Crippen LogP contribution in [0.3, 0.4) is 0 Å². The lowest BCUT2D eigenvalue weighted by Crippen LogP contribution is -2.38. The summed E-state index contributed by atoms with van der Waals surface area (Å²) in [5.41, 5.74) is 1.67. The minimum Gasteiger partial charge on any atom is -0.497 e. The summed E-state index contributed by atoms with van der Waals surface area (Å²) < 4.78 is 12.9. The number of thiazole rings is 1. The molecule has 4 rings (SSSR count). The van der Waals surface area contributed by atoms with Crippen LogP contribution in [-0.4, -0.2) is 53.5 Å². The molecule has 1 aliphatic rings. The Morgan fingerprint density at radius 3 is 2.76 bits per heavy atom. The van der Waals surface area contributed by atoms with Crippen molar-refractivity contribution in [3.05, 3.63) is 50.8 Å². The molecule has 33 heavy (non-hydrogen) atoms. The lowest BCUT2D eigenvalue weighted by atomic mass is 10.1. The number of hydrogen-bond acceptors (Lipinski definition) is 8. The minimum absolute atomic E-state index is 0.0662. The van der Waals surface area contributed by atoms with E-state index in [4.69, 9.17) is 26.1 Å². The first-order chi connectivity index (χ1) is 16.0. The van der Waals surface area contributed by atoms with Crippen LogP contribution in [0.2, 0.25) is 5.02 Å². The molecule has 0 spiro atoms. The molecule has 1 fully saturated rings. The van der Waals surface area contributed by atoms with E-state index in [1.165, 1.54) is 0 Å². The molecular weight excluding hydrogens is 462 g/mol. The number of ether oxygens (including phenoxy) is 2. The Morgan fingerprint density at radius 1 is 1.30 bits per heavy atom. The zero-order valence-electron chi connectivity index (χ0n) is 19.2. The number of halogens is 1. The number of rotatable bonds is 8. The van der Waals surface area contributed by atoms with Gasteiger partial charge in [0.05, 0.1) is 30.0 Å². The molecule has 3 heterocycles. The van der Waals surface area contributed by atoms with Crippen molar-refractivity contribution in [3.8, 4) is 17.1 Å². The number of nitrogens with one attached hydrogen (secondary N) is 1. The highest BCUT2D eigenvalue weighted by molar-refractivity contribution is 7.13. The van der Waals surface area contributed by atoms with Crippen LogP contribution in [0.1, 0.15) is 19.5 Å². The average Bonchev–Trinajstić information content (AvgIpc) is 3.47. The van der Waals surface area contributed by atoms with Crippen molar-refractivity contribution in [2.45, 2.75) is 39.5 Å². The summed E-state index contributed by atoms with van der Waals surface area (Å²) in [6.45, 7) is 8.21. The van der Waals surface area contributed by atoms with Gasteiger partial charge in [0.2, 0.25) is 0 Å². The van der Waals surface area contributed by atoms with Crippen molar-refractivity contribution < 1.29 is 9.47 Å². The molecule has 1 saturated heterocycles. The monoisotopic (exact) mass is 489 g/mol. The Labute approximate surface area is 202 Å². The van der Waals surface area contributed by atoms with E-state index in [1.54, 1.807) is 35.3 Å². The average molecular weight is 490 g/mol. The van der Waals surface area contributed by atoms with Gasteiger partial charge in [0.1, 0.15) is 17.3 Å². The van der Waals surface area contributed by atoms with Crippen molar-refractivity contribution in [2.75, 3.05) is 37.0 Å². The van der Waals surface area contributed by atoms with E-state index in [1.807, 2.05) is 38.3 Å². The van der Waals surface area contributed by atoms with Gasteiger partial charge in [-0.15, -0.1) is 11.3 Å². The summed E-state index contributed by atoms with van der Waals surface area (Å²) in [6, 6.07) is 5.30. The summed E-state index contributed by atoms with van der Waals surface area (Å²) in [7, 11) is 1.59. The molecule has 0 saturated carbocycles. The Kier molecular flexibility index (Phi) is 7.21. The molecular formula is C23H28ClN5O3S. The predicted molar refractivity (Wildman–Crippen MR) is 133 cm³/mol. The maximum Gasteiger partial charge on any atom is 0.277 e. The number of anilines is 2. The summed E-state index contributed by atoms with van der Waals surface area (Å²) in [6.07, 6.45) is 1.73. The van der Waals surface area contributed by atoms with Gasteiger partial charge in [-0.1, -0.05) is 11.6 Å². The summed E-state index contributed by atoms with van der Waals surface area (Å²) in [5, 5.41) is 6.85. The maximum atomic E-state index is 13.5. The second-order valence-corrected chi connectivity index (χ2v) is 9.04. The molecule has 2 aromatic heterocycles. The SMILES string of the molecule is CCO[C@@H]1CN(c2nccs2)C[C@H]1Nc1c(C)nc(-c2ccc(OC)cc2Cl)n(CC)c1=O. The van der Waals surface area contributed by atoms with E-state index in [-0.39, 0.29) is 17.7 Å². The fraction of sp³-hybridized carbons (Fsp3) is 0.435. The van der Waals surface area contributed by atoms with Crippen molar-refractivity contribution in [2.24, 2.45) is 0 Å². The van der Waals surface area contributed by atoms with Gasteiger partial charge in [0.15, 0.2) is 5.13 Å². The minimum atomic E-state index is -0.130. The first-order valence-electron chi connectivity index (χ1n) is 10.9. The number of nitrogens with zero attached hydrogens (tertiary/aromatic N) is 4. The van der Waals surface area contributed by atoms with Crippen molar-refractivity contribution in [1.29, 1.82) is 0 Å². The first-order valence-corrected chi connectivity index (χ1v) is 12.2. The first kappa shape index (κ1) is 23.5. The van der Waals surface area contributed by atoms with Crippen LogP contribution < -0.4 is 20.5 Å². The van der Waals surface area contributed by atoms with E-state index in [2.05, 4.69) is 15.2 Å². The zero-order valence-corrected chi connectivity index (χ0v) is 20.7. The molecule has 1 N–H and O–H groups in total. The van der Waals surface area contributed by atoms with Crippen LogP contribution in [0, 0.1) is 6.92 Å². The Balaban J connectivity index is 1.68. The molecule has 10 heteroatoms. The fourth-order valence-electron chi connectivity index (χ4n) is 4.14. The smallest absolute Gasteiger partial charge is 0.277 e. The number of methoxy groups -OCH3 is 1. The number of aromatic nitrogens is 3. The largest absolute Gasteiger partial charge is 0.497 e. The molecule has 1 aromatic carbocycles. The van der Waals surface area contributed by atoms with Crippen LogP contribution >= 0.6 is 22.9 Å². The van der Waals surface area contributed by atoms with Gasteiger partial charge < -0.3 is 19.7 Å². The van der Waals surface area contributed by atoms with E-state index >= 15 is 0 Å². The second-order valence-electron chi connectivity index (χ2n) is 7.76. The van der Waals surface area contributed by atoms with E-state index < -0.39 is 0 Å². The van der Waals surface area contributed by atoms with E-state index in [0.29, 0.717) is 59.8 Å². The van der Waals surface area contributed by atoms with Crippen LogP contribution in [0.4, 0.5) is 10.8 Å². The normalized spacial score (nSPS) is 18.0. The topological polar surface area (TPSA) is 81.5 Å². The van der Waals surface area contributed by atoms with Gasteiger partial charge in [0.25, 0.3) is 5.56 Å². The van der Waals surface area contributed by atoms with Crippen LogP contribution in [0.25, 0.3) is 11.4 Å². The van der Waals surface area contributed by atoms with Crippen LogP contribution in [-0.2, 0) is 11.3 Å². The number of benzene rings is 1. The summed E-state index contributed by atoms with van der Waals surface area (Å²) in [4.78, 5) is 24.9. The zero-order chi connectivity index (χ0) is 23.5. The lowest BCUT2D eigenvalue weighted by Gasteiger charge is -2.22. The van der Waals surface area contributed by atoms with Crippen LogP contribution in [0.5, 0.6) is 5.75 Å². The molecule has 1 aliphatic heterocycles. The van der Waals surface area contributed by atoms with Crippen molar-refractivity contribution in [3.63, 3.8) is 0 Å². The highest BCUT2D eigenvalue weighted by Crippen LogP contribution is 2.31. The van der Waals surface area contributed by atoms with Gasteiger partial charge in [-0.25, -0.2) is 9.97 Å². The third kappa shape index (κ3) is 4.71. The molecule has 8 nitrogen and oxygen atoms in total. The Hall–Kier alpha value is -2.62. The Bertz CT molecular complexity index is 1170. The highest BCUT2D eigenvalue weighted by atomic mass is 35.5. The second kappa shape index (κ2) is 10.1. The summed E-state index contributed by atoms with van der Waals surface area (Å²) in [5.74, 6) is 1.19. The van der Waals surface area contributed by atoms with Gasteiger partial charge in [-0.2, -0.15) is 0 Å². The standard InChI is InChI=1S/C23H28ClN5O3S/c1-5-29-21(16-8-7-15(31-4)11-17(16)24)26-14(3)20(22(29)30)27-18-12-28(13-19(18)32-6-2)23-25-9-10-33-23/h7-11,18-19,27H,5-6,12-13H2,1-4H3/t18-,19-/m1/s1. The molecule has 0 bridgehead atoms. The van der Waals surface area contributed by atoms with E-state index in [0.717, 1.165) is 5.13 Å². The lowest BCUT2D eigenvalue weighted by molar-refractivity contribution is 0.0720. The van der Waals surface area contributed by atoms with Gasteiger partial charge in [-0.3, -0.25) is 9.36 Å². The molecule has 0 amide bonds. The van der Waals surface area contributed by atoms with Gasteiger partial charge >= 0.3 is 0 Å². The third-order valence-electron chi connectivity index (χ3n) is 5.75. The molecule has 2 atom stereocenters. The van der Waals surface area contributed by atoms with Gasteiger partial charge in [0, 0.05) is 43.4 Å². The number of aryl methyl sites for hydroxylation is 1. The number of hydrogen-bond donors (Lipinski definition) is 1. The Morgan fingerprint density at radius 2 is 2.12 bits per heavy atom. The molecule has 0 unspecified atom stereocenters. The summed E-state index contributed by atoms with van der Waals surface area (Å²) >= 11 is 8.09. The quantitative estimate of drug-likeness (QED) is 0.511. The maximum absolute atomic E-state index is 13.5. The molecule has 0 radical (unpaired) electrons. The van der Waals surface area contributed by atoms with Crippen molar-refractivity contribution in [1.82, 2.24) is 14.5 Å². The third-order valence-corrected chi connectivity index (χ3v) is 6.89. The van der Waals surface area contributed by atoms with Gasteiger partial charge in [-0.05, 0) is 39.0 Å². The van der Waals surface area contributed by atoms with Crippen molar-refractivity contribution >= 4 is 33.8 Å². The molecule has 0 aliphatic carbocycles. The van der Waals surface area contributed by atoms with E-state index in [9.17, 15) is 4.79 Å². The predicted octanol–water partition coefficient (Wildman–Crippen LogP) is 4.06. The highest BCUT2D eigenvalue weighted by Gasteiger charge is 2.35. The fourth-order valence-corrected chi connectivity index (χ4v) is 5.06.